The molecule has 5 nitrogen and oxygen atoms in total. The molecular weight excluding hydrogens is 256 g/mol. The van der Waals surface area contributed by atoms with Gasteiger partial charge in [-0.25, -0.2) is 0 Å². The molecule has 5 heteroatoms. The van der Waals surface area contributed by atoms with Crippen LogP contribution in [0, 0.1) is 0 Å². The molecule has 0 aromatic carbocycles. The van der Waals surface area contributed by atoms with Gasteiger partial charge in [0.1, 0.15) is 0 Å². The van der Waals surface area contributed by atoms with Gasteiger partial charge in [0.05, 0.1) is 12.0 Å². The van der Waals surface area contributed by atoms with Gasteiger partial charge in [-0.05, 0) is 32.6 Å². The molecule has 0 heterocycles. The minimum absolute atomic E-state index is 0.0498. The number of carboxylic acid groups (broad SMARTS) is 1. The fraction of sp³-hybridized carbons (Fsp3) is 0.867. The van der Waals surface area contributed by atoms with Crippen LogP contribution in [0.3, 0.4) is 0 Å². The second-order valence-electron chi connectivity index (χ2n) is 6.18. The molecule has 0 radical (unpaired) electrons. The van der Waals surface area contributed by atoms with Crippen LogP contribution < -0.4 is 5.73 Å². The Morgan fingerprint density at radius 1 is 1.30 bits per heavy atom. The Morgan fingerprint density at radius 2 is 1.90 bits per heavy atom. The van der Waals surface area contributed by atoms with Gasteiger partial charge in [0.15, 0.2) is 0 Å². The van der Waals surface area contributed by atoms with Gasteiger partial charge < -0.3 is 15.7 Å². The molecule has 1 unspecified atom stereocenters. The van der Waals surface area contributed by atoms with E-state index in [1.807, 2.05) is 6.92 Å². The molecular formula is C15H28N2O3. The maximum absolute atomic E-state index is 12.3. The summed E-state index contributed by atoms with van der Waals surface area (Å²) < 4.78 is 0. The molecule has 0 aliphatic heterocycles. The average molecular weight is 284 g/mol. The Bertz CT molecular complexity index is 336. The number of hydrogen-bond donors (Lipinski definition) is 2. The highest BCUT2D eigenvalue weighted by molar-refractivity contribution is 5.78. The van der Waals surface area contributed by atoms with E-state index in [1.165, 1.54) is 0 Å². The van der Waals surface area contributed by atoms with Crippen molar-refractivity contribution in [3.05, 3.63) is 0 Å². The molecule has 0 spiro atoms. The fourth-order valence-corrected chi connectivity index (χ4v) is 3.13. The minimum Gasteiger partial charge on any atom is -0.481 e. The fourth-order valence-electron chi connectivity index (χ4n) is 3.13. The van der Waals surface area contributed by atoms with Crippen LogP contribution in [0.15, 0.2) is 0 Å². The van der Waals surface area contributed by atoms with Crippen molar-refractivity contribution >= 4 is 11.9 Å². The highest BCUT2D eigenvalue weighted by atomic mass is 16.4. The summed E-state index contributed by atoms with van der Waals surface area (Å²) in [5, 5.41) is 9.16. The zero-order chi connectivity index (χ0) is 15.2. The quantitative estimate of drug-likeness (QED) is 0.750. The van der Waals surface area contributed by atoms with Crippen molar-refractivity contribution < 1.29 is 14.7 Å². The van der Waals surface area contributed by atoms with Gasteiger partial charge in [-0.1, -0.05) is 19.3 Å². The summed E-state index contributed by atoms with van der Waals surface area (Å²) in [5.41, 5.74) is 5.21. The van der Waals surface area contributed by atoms with Crippen molar-refractivity contribution in [3.63, 3.8) is 0 Å². The maximum Gasteiger partial charge on any atom is 0.305 e. The first-order chi connectivity index (χ1) is 9.37. The van der Waals surface area contributed by atoms with Gasteiger partial charge in [-0.3, -0.25) is 9.59 Å². The SMILES string of the molecule is CC(N)CCCC(=O)N(C)C1(CC(=O)O)CCCCC1. The van der Waals surface area contributed by atoms with Crippen molar-refractivity contribution in [1.29, 1.82) is 0 Å². The summed E-state index contributed by atoms with van der Waals surface area (Å²) in [7, 11) is 1.77. The molecule has 1 aliphatic rings. The molecule has 1 fully saturated rings. The number of amides is 1. The third-order valence-corrected chi connectivity index (χ3v) is 4.40. The van der Waals surface area contributed by atoms with Crippen LogP contribution in [0.2, 0.25) is 0 Å². The number of nitrogens with zero attached hydrogens (tertiary/aromatic N) is 1. The second kappa shape index (κ2) is 7.62. The Balaban J connectivity index is 2.64. The summed E-state index contributed by atoms with van der Waals surface area (Å²) in [6.45, 7) is 1.93. The van der Waals surface area contributed by atoms with Crippen molar-refractivity contribution in [2.75, 3.05) is 7.05 Å². The normalized spacial score (nSPS) is 19.4. The lowest BCUT2D eigenvalue weighted by Gasteiger charge is -2.44. The van der Waals surface area contributed by atoms with E-state index < -0.39 is 11.5 Å². The van der Waals surface area contributed by atoms with Crippen LogP contribution in [-0.2, 0) is 9.59 Å². The molecule has 1 rings (SSSR count). The summed E-state index contributed by atoms with van der Waals surface area (Å²) >= 11 is 0. The van der Waals surface area contributed by atoms with Crippen molar-refractivity contribution in [3.8, 4) is 0 Å². The van der Waals surface area contributed by atoms with Crippen LogP contribution >= 0.6 is 0 Å². The van der Waals surface area contributed by atoms with Crippen LogP contribution in [-0.4, -0.2) is 40.5 Å². The molecule has 1 amide bonds. The predicted octanol–water partition coefficient (Wildman–Crippen LogP) is 2.14. The number of rotatable bonds is 7. The van der Waals surface area contributed by atoms with E-state index in [0.717, 1.165) is 44.9 Å². The molecule has 0 saturated heterocycles. The van der Waals surface area contributed by atoms with Gasteiger partial charge in [-0.2, -0.15) is 0 Å². The Morgan fingerprint density at radius 3 is 2.40 bits per heavy atom. The number of nitrogens with two attached hydrogens (primary N) is 1. The van der Waals surface area contributed by atoms with Crippen LogP contribution in [0.1, 0.15) is 64.7 Å². The molecule has 1 atom stereocenters. The van der Waals surface area contributed by atoms with E-state index in [1.54, 1.807) is 11.9 Å². The largest absolute Gasteiger partial charge is 0.481 e. The lowest BCUT2D eigenvalue weighted by atomic mass is 9.78. The van der Waals surface area contributed by atoms with E-state index >= 15 is 0 Å². The zero-order valence-corrected chi connectivity index (χ0v) is 12.7. The standard InChI is InChI=1S/C15H28N2O3/c1-12(16)7-6-8-13(18)17(2)15(11-14(19)20)9-4-3-5-10-15/h12H,3-11,16H2,1-2H3,(H,19,20). The lowest BCUT2D eigenvalue weighted by Crippen LogP contribution is -2.52. The van der Waals surface area contributed by atoms with E-state index in [2.05, 4.69) is 0 Å². The van der Waals surface area contributed by atoms with Crippen molar-refractivity contribution in [1.82, 2.24) is 4.90 Å². The van der Waals surface area contributed by atoms with Crippen LogP contribution in [0.5, 0.6) is 0 Å². The van der Waals surface area contributed by atoms with Gasteiger partial charge in [0.2, 0.25) is 5.91 Å². The molecule has 0 aromatic heterocycles. The molecule has 0 aromatic rings. The number of aliphatic carboxylic acids is 1. The lowest BCUT2D eigenvalue weighted by molar-refractivity contribution is -0.146. The van der Waals surface area contributed by atoms with Gasteiger partial charge in [0, 0.05) is 19.5 Å². The molecule has 3 N–H and O–H groups in total. The maximum atomic E-state index is 12.3. The average Bonchev–Trinajstić information content (AvgIpc) is 2.37. The summed E-state index contributed by atoms with van der Waals surface area (Å²) in [5.74, 6) is -0.768. The third-order valence-electron chi connectivity index (χ3n) is 4.40. The molecule has 116 valence electrons. The first kappa shape index (κ1) is 17.0. The number of carbonyl (C=O) groups excluding carboxylic acids is 1. The van der Waals surface area contributed by atoms with Gasteiger partial charge in [0.25, 0.3) is 0 Å². The summed E-state index contributed by atoms with van der Waals surface area (Å²) in [4.78, 5) is 25.2. The van der Waals surface area contributed by atoms with E-state index in [9.17, 15) is 9.59 Å². The highest BCUT2D eigenvalue weighted by Crippen LogP contribution is 2.36. The van der Waals surface area contributed by atoms with E-state index in [0.29, 0.717) is 6.42 Å². The number of hydrogen-bond acceptors (Lipinski definition) is 3. The van der Waals surface area contributed by atoms with E-state index in [-0.39, 0.29) is 18.4 Å². The van der Waals surface area contributed by atoms with Crippen LogP contribution in [0.25, 0.3) is 0 Å². The molecule has 1 saturated carbocycles. The number of carbonyl (C=O) groups is 2. The second-order valence-corrected chi connectivity index (χ2v) is 6.18. The first-order valence-electron chi connectivity index (χ1n) is 7.61. The Kier molecular flexibility index (Phi) is 6.46. The predicted molar refractivity (Wildman–Crippen MR) is 78.3 cm³/mol. The smallest absolute Gasteiger partial charge is 0.305 e. The van der Waals surface area contributed by atoms with Crippen molar-refractivity contribution in [2.45, 2.75) is 76.3 Å². The topological polar surface area (TPSA) is 83.6 Å². The summed E-state index contributed by atoms with van der Waals surface area (Å²) in [6, 6.07) is 0.107. The highest BCUT2D eigenvalue weighted by Gasteiger charge is 2.40. The zero-order valence-electron chi connectivity index (χ0n) is 12.7. The summed E-state index contributed by atoms with van der Waals surface area (Å²) in [6.07, 6.45) is 6.85. The Labute approximate surface area is 121 Å². The first-order valence-corrected chi connectivity index (χ1v) is 7.61. The van der Waals surface area contributed by atoms with Crippen LogP contribution in [0.4, 0.5) is 0 Å². The minimum atomic E-state index is -0.817. The third kappa shape index (κ3) is 4.78. The monoisotopic (exact) mass is 284 g/mol. The van der Waals surface area contributed by atoms with Crippen molar-refractivity contribution in [2.24, 2.45) is 5.73 Å². The molecule has 1 aliphatic carbocycles. The van der Waals surface area contributed by atoms with Gasteiger partial charge >= 0.3 is 5.97 Å². The number of carboxylic acids is 1. The molecule has 0 bridgehead atoms. The Hall–Kier alpha value is -1.10. The van der Waals surface area contributed by atoms with E-state index in [4.69, 9.17) is 10.8 Å². The molecule has 20 heavy (non-hydrogen) atoms. The van der Waals surface area contributed by atoms with Gasteiger partial charge in [-0.15, -0.1) is 0 Å².